The Labute approximate surface area is 124 Å². The van der Waals surface area contributed by atoms with Gasteiger partial charge in [0, 0.05) is 10.0 Å². The van der Waals surface area contributed by atoms with Gasteiger partial charge in [-0.3, -0.25) is 4.79 Å². The predicted molar refractivity (Wildman–Crippen MR) is 77.7 cm³/mol. The van der Waals surface area contributed by atoms with Crippen molar-refractivity contribution in [1.29, 1.82) is 0 Å². The molecule has 0 saturated carbocycles. The maximum Gasteiger partial charge on any atom is 0.356 e. The molecule has 0 unspecified atom stereocenters. The second-order valence-electron chi connectivity index (χ2n) is 3.86. The normalized spacial score (nSPS) is 9.90. The van der Waals surface area contributed by atoms with Crippen molar-refractivity contribution in [3.8, 4) is 0 Å². The molecule has 0 fully saturated rings. The molecule has 2 aromatic rings. The van der Waals surface area contributed by atoms with Gasteiger partial charge in [-0.1, -0.05) is 22.0 Å². The Kier molecular flexibility index (Phi) is 4.47. The molecule has 1 aromatic heterocycles. The van der Waals surface area contributed by atoms with Crippen molar-refractivity contribution in [2.24, 2.45) is 0 Å². The van der Waals surface area contributed by atoms with Crippen LogP contribution in [-0.2, 0) is 4.74 Å². The highest BCUT2D eigenvalue weighted by atomic mass is 79.9. The number of anilines is 1. The van der Waals surface area contributed by atoms with E-state index in [4.69, 9.17) is 0 Å². The summed E-state index contributed by atoms with van der Waals surface area (Å²) in [6.07, 6.45) is 0. The van der Waals surface area contributed by atoms with Gasteiger partial charge in [-0.25, -0.2) is 9.78 Å². The number of methoxy groups -OCH3 is 1. The van der Waals surface area contributed by atoms with Crippen LogP contribution in [0, 0.1) is 0 Å². The molecule has 0 aliphatic heterocycles. The molecule has 0 spiro atoms. The van der Waals surface area contributed by atoms with Crippen LogP contribution in [0.15, 0.2) is 46.9 Å². The summed E-state index contributed by atoms with van der Waals surface area (Å²) in [4.78, 5) is 27.4. The molecule has 1 heterocycles. The van der Waals surface area contributed by atoms with Crippen molar-refractivity contribution < 1.29 is 14.3 Å². The third-order valence-electron chi connectivity index (χ3n) is 2.49. The lowest BCUT2D eigenvalue weighted by atomic mass is 10.2. The number of rotatable bonds is 3. The number of benzene rings is 1. The lowest BCUT2D eigenvalue weighted by Crippen LogP contribution is -2.14. The zero-order valence-corrected chi connectivity index (χ0v) is 12.2. The molecule has 1 amide bonds. The number of aromatic nitrogens is 1. The number of ether oxygens (including phenoxy) is 1. The first-order valence-corrected chi connectivity index (χ1v) is 6.52. The first-order chi connectivity index (χ1) is 9.60. The molecule has 0 aliphatic carbocycles. The van der Waals surface area contributed by atoms with Gasteiger partial charge in [0.05, 0.1) is 7.11 Å². The number of hydrogen-bond donors (Lipinski definition) is 1. The molecule has 1 aromatic carbocycles. The molecule has 20 heavy (non-hydrogen) atoms. The quantitative estimate of drug-likeness (QED) is 0.876. The van der Waals surface area contributed by atoms with Crippen LogP contribution in [0.2, 0.25) is 0 Å². The molecule has 2 rings (SSSR count). The van der Waals surface area contributed by atoms with Gasteiger partial charge < -0.3 is 10.1 Å². The minimum atomic E-state index is -0.551. The zero-order valence-electron chi connectivity index (χ0n) is 10.6. The van der Waals surface area contributed by atoms with Gasteiger partial charge in [-0.05, 0) is 36.4 Å². The Morgan fingerprint density at radius 1 is 1.15 bits per heavy atom. The lowest BCUT2D eigenvalue weighted by Gasteiger charge is -2.06. The fourth-order valence-electron chi connectivity index (χ4n) is 1.51. The molecule has 102 valence electrons. The topological polar surface area (TPSA) is 68.3 Å². The minimum Gasteiger partial charge on any atom is -0.464 e. The molecule has 0 saturated heterocycles. The van der Waals surface area contributed by atoms with Crippen LogP contribution in [-0.4, -0.2) is 24.0 Å². The van der Waals surface area contributed by atoms with E-state index < -0.39 is 5.97 Å². The molecular weight excluding hydrogens is 324 g/mol. The summed E-state index contributed by atoms with van der Waals surface area (Å²) in [6.45, 7) is 0. The van der Waals surface area contributed by atoms with Gasteiger partial charge in [0.25, 0.3) is 5.91 Å². The first kappa shape index (κ1) is 14.2. The first-order valence-electron chi connectivity index (χ1n) is 5.72. The summed E-state index contributed by atoms with van der Waals surface area (Å²) in [5.41, 5.74) is 0.638. The van der Waals surface area contributed by atoms with E-state index in [1.165, 1.54) is 13.2 Å². The SMILES string of the molecule is COC(=O)c1cccc(NC(=O)c2ccc(Br)cc2)n1. The number of hydrogen-bond acceptors (Lipinski definition) is 4. The number of pyridine rings is 1. The number of amides is 1. The lowest BCUT2D eigenvalue weighted by molar-refractivity contribution is 0.0594. The molecular formula is C14H11BrN2O3. The minimum absolute atomic E-state index is 0.140. The van der Waals surface area contributed by atoms with E-state index in [9.17, 15) is 9.59 Å². The van der Waals surface area contributed by atoms with Crippen molar-refractivity contribution in [1.82, 2.24) is 4.98 Å². The van der Waals surface area contributed by atoms with Crippen LogP contribution in [0.3, 0.4) is 0 Å². The highest BCUT2D eigenvalue weighted by Gasteiger charge is 2.10. The summed E-state index contributed by atoms with van der Waals surface area (Å²) in [7, 11) is 1.27. The van der Waals surface area contributed by atoms with Gasteiger partial charge in [0.1, 0.15) is 5.82 Å². The smallest absolute Gasteiger partial charge is 0.356 e. The summed E-state index contributed by atoms with van der Waals surface area (Å²) in [6, 6.07) is 11.6. The summed E-state index contributed by atoms with van der Waals surface area (Å²) in [5.74, 6) is -0.558. The summed E-state index contributed by atoms with van der Waals surface area (Å²) >= 11 is 3.30. The van der Waals surface area contributed by atoms with E-state index in [1.54, 1.807) is 36.4 Å². The largest absolute Gasteiger partial charge is 0.464 e. The molecule has 0 bridgehead atoms. The average Bonchev–Trinajstić information content (AvgIpc) is 2.47. The van der Waals surface area contributed by atoms with Crippen molar-refractivity contribution in [3.63, 3.8) is 0 Å². The summed E-state index contributed by atoms with van der Waals surface area (Å²) in [5, 5.41) is 2.62. The number of esters is 1. The van der Waals surface area contributed by atoms with E-state index in [0.29, 0.717) is 11.4 Å². The molecule has 6 heteroatoms. The average molecular weight is 335 g/mol. The van der Waals surface area contributed by atoms with Crippen LogP contribution < -0.4 is 5.32 Å². The number of halogens is 1. The van der Waals surface area contributed by atoms with Crippen LogP contribution in [0.5, 0.6) is 0 Å². The standard InChI is InChI=1S/C14H11BrN2O3/c1-20-14(19)11-3-2-4-12(16-11)17-13(18)9-5-7-10(15)8-6-9/h2-8H,1H3,(H,16,17,18). The Morgan fingerprint density at radius 2 is 1.85 bits per heavy atom. The monoisotopic (exact) mass is 334 g/mol. The Bertz CT molecular complexity index is 641. The second-order valence-corrected chi connectivity index (χ2v) is 4.78. The third-order valence-corrected chi connectivity index (χ3v) is 3.02. The maximum atomic E-state index is 12.0. The van der Waals surface area contributed by atoms with Crippen molar-refractivity contribution in [2.45, 2.75) is 0 Å². The van der Waals surface area contributed by atoms with E-state index in [-0.39, 0.29) is 11.6 Å². The Balaban J connectivity index is 2.15. The van der Waals surface area contributed by atoms with Gasteiger partial charge >= 0.3 is 5.97 Å². The van der Waals surface area contributed by atoms with Crippen molar-refractivity contribution in [3.05, 3.63) is 58.2 Å². The van der Waals surface area contributed by atoms with E-state index in [2.05, 4.69) is 31.0 Å². The number of nitrogens with zero attached hydrogens (tertiary/aromatic N) is 1. The third kappa shape index (κ3) is 3.42. The number of carbonyl (C=O) groups is 2. The Morgan fingerprint density at radius 3 is 2.50 bits per heavy atom. The maximum absolute atomic E-state index is 12.0. The molecule has 5 nitrogen and oxygen atoms in total. The molecule has 1 N–H and O–H groups in total. The molecule has 0 atom stereocenters. The fraction of sp³-hybridized carbons (Fsp3) is 0.0714. The number of carbonyl (C=O) groups excluding carboxylic acids is 2. The van der Waals surface area contributed by atoms with E-state index in [0.717, 1.165) is 4.47 Å². The van der Waals surface area contributed by atoms with Crippen molar-refractivity contribution >= 4 is 33.6 Å². The fourth-order valence-corrected chi connectivity index (χ4v) is 1.78. The van der Waals surface area contributed by atoms with Gasteiger partial charge in [-0.15, -0.1) is 0 Å². The van der Waals surface area contributed by atoms with Gasteiger partial charge in [-0.2, -0.15) is 0 Å². The van der Waals surface area contributed by atoms with Crippen LogP contribution >= 0.6 is 15.9 Å². The highest BCUT2D eigenvalue weighted by molar-refractivity contribution is 9.10. The molecule has 0 radical (unpaired) electrons. The van der Waals surface area contributed by atoms with Crippen LogP contribution in [0.4, 0.5) is 5.82 Å². The zero-order chi connectivity index (χ0) is 14.5. The summed E-state index contributed by atoms with van der Waals surface area (Å²) < 4.78 is 5.46. The highest BCUT2D eigenvalue weighted by Crippen LogP contribution is 2.12. The molecule has 0 aliphatic rings. The van der Waals surface area contributed by atoms with Crippen LogP contribution in [0.25, 0.3) is 0 Å². The van der Waals surface area contributed by atoms with Gasteiger partial charge in [0.15, 0.2) is 5.69 Å². The number of nitrogens with one attached hydrogen (secondary N) is 1. The van der Waals surface area contributed by atoms with E-state index >= 15 is 0 Å². The van der Waals surface area contributed by atoms with Crippen LogP contribution in [0.1, 0.15) is 20.8 Å². The second kappa shape index (κ2) is 6.29. The van der Waals surface area contributed by atoms with Gasteiger partial charge in [0.2, 0.25) is 0 Å². The predicted octanol–water partition coefficient (Wildman–Crippen LogP) is 2.88. The van der Waals surface area contributed by atoms with Crippen molar-refractivity contribution in [2.75, 3.05) is 12.4 Å². The Hall–Kier alpha value is -2.21. The van der Waals surface area contributed by atoms with E-state index in [1.807, 2.05) is 0 Å².